The maximum atomic E-state index is 12.9. The van der Waals surface area contributed by atoms with Crippen molar-refractivity contribution in [2.75, 3.05) is 14.2 Å². The number of esters is 2. The molecule has 0 atom stereocenters. The third-order valence-corrected chi connectivity index (χ3v) is 8.85. The number of aromatic nitrogens is 4. The molecule has 14 heteroatoms. The molecule has 2 aromatic heterocycles. The number of nitrogens with two attached hydrogens (primary N) is 2. The topological polar surface area (TPSA) is 174 Å². The van der Waals surface area contributed by atoms with Gasteiger partial charge in [-0.3, -0.25) is 9.59 Å². The average Bonchev–Trinajstić information content (AvgIpc) is 3.63. The first kappa shape index (κ1) is 32.6. The number of benzene rings is 4. The van der Waals surface area contributed by atoms with Crippen LogP contribution in [0.4, 0.5) is 0 Å². The van der Waals surface area contributed by atoms with Gasteiger partial charge >= 0.3 is 11.9 Å². The summed E-state index contributed by atoms with van der Waals surface area (Å²) in [5.41, 5.74) is 15.6. The number of fused-ring (bicyclic) bond motifs is 2. The molecule has 48 heavy (non-hydrogen) atoms. The van der Waals surface area contributed by atoms with Crippen LogP contribution < -0.4 is 11.5 Å². The fourth-order valence-electron chi connectivity index (χ4n) is 5.61. The lowest BCUT2D eigenvalue weighted by Crippen LogP contribution is -2.13. The quantitative estimate of drug-likeness (QED) is 0.176. The summed E-state index contributed by atoms with van der Waals surface area (Å²) in [5.74, 6) is -1.43. The van der Waals surface area contributed by atoms with E-state index in [9.17, 15) is 19.2 Å². The second-order valence-corrected chi connectivity index (χ2v) is 12.5. The van der Waals surface area contributed by atoms with Gasteiger partial charge in [-0.25, -0.2) is 19.6 Å². The predicted octanol–water partition coefficient (Wildman–Crippen LogP) is 5.72. The van der Waals surface area contributed by atoms with Gasteiger partial charge in [0.15, 0.2) is 0 Å². The molecule has 6 rings (SSSR count). The molecular weight excluding hydrogens is 748 g/mol. The van der Waals surface area contributed by atoms with E-state index in [-0.39, 0.29) is 35.3 Å². The van der Waals surface area contributed by atoms with E-state index < -0.39 is 23.8 Å². The Morgan fingerprint density at radius 1 is 0.625 bits per heavy atom. The smallest absolute Gasteiger partial charge is 0.338 e. The van der Waals surface area contributed by atoms with Crippen LogP contribution in [0.5, 0.6) is 0 Å². The molecule has 0 aliphatic heterocycles. The van der Waals surface area contributed by atoms with E-state index in [2.05, 4.69) is 31.9 Å². The maximum Gasteiger partial charge on any atom is 0.338 e. The van der Waals surface area contributed by atoms with Crippen LogP contribution in [-0.2, 0) is 22.6 Å². The van der Waals surface area contributed by atoms with Gasteiger partial charge in [0.2, 0.25) is 11.8 Å². The van der Waals surface area contributed by atoms with E-state index in [1.165, 1.54) is 14.2 Å². The Hall–Kier alpha value is -5.34. The highest BCUT2D eigenvalue weighted by molar-refractivity contribution is 9.10. The van der Waals surface area contributed by atoms with Crippen molar-refractivity contribution in [3.8, 4) is 22.8 Å². The molecule has 0 saturated heterocycles. The van der Waals surface area contributed by atoms with Crippen molar-refractivity contribution in [1.29, 1.82) is 0 Å². The molecule has 2 amide bonds. The monoisotopic (exact) mass is 772 g/mol. The van der Waals surface area contributed by atoms with Crippen molar-refractivity contribution < 1.29 is 28.7 Å². The SMILES string of the molecule is COC(=O)c1ccc(Br)cc1-c1nc2cc(C(N)=O)ccc2n1CCn1c(-c2cc(Br)ccc2C(=O)OC)nc2cc(C(N)=O)ccc21. The van der Waals surface area contributed by atoms with Crippen molar-refractivity contribution >= 4 is 77.7 Å². The first-order valence-electron chi connectivity index (χ1n) is 14.4. The Labute approximate surface area is 289 Å². The van der Waals surface area contributed by atoms with Gasteiger partial charge in [0, 0.05) is 44.3 Å². The average molecular weight is 774 g/mol. The summed E-state index contributed by atoms with van der Waals surface area (Å²) in [6.45, 7) is 0.568. The lowest BCUT2D eigenvalue weighted by Gasteiger charge is -2.16. The minimum Gasteiger partial charge on any atom is -0.465 e. The highest BCUT2D eigenvalue weighted by Crippen LogP contribution is 2.34. The van der Waals surface area contributed by atoms with Gasteiger partial charge in [-0.1, -0.05) is 31.9 Å². The van der Waals surface area contributed by atoms with Gasteiger partial charge in [-0.15, -0.1) is 0 Å². The lowest BCUT2D eigenvalue weighted by molar-refractivity contribution is 0.0592. The molecule has 0 unspecified atom stereocenters. The molecule has 0 aliphatic carbocycles. The van der Waals surface area contributed by atoms with Gasteiger partial charge in [0.25, 0.3) is 0 Å². The minimum atomic E-state index is -0.606. The van der Waals surface area contributed by atoms with Crippen molar-refractivity contribution in [1.82, 2.24) is 19.1 Å². The van der Waals surface area contributed by atoms with E-state index in [0.717, 1.165) is 0 Å². The Kier molecular flexibility index (Phi) is 8.86. The molecule has 0 spiro atoms. The molecule has 2 heterocycles. The number of primary amides is 2. The number of hydrogen-bond acceptors (Lipinski definition) is 8. The van der Waals surface area contributed by atoms with Crippen LogP contribution in [0.1, 0.15) is 41.4 Å². The molecule has 4 N–H and O–H groups in total. The van der Waals surface area contributed by atoms with Gasteiger partial charge in [-0.2, -0.15) is 0 Å². The second-order valence-electron chi connectivity index (χ2n) is 10.7. The number of nitrogens with zero attached hydrogens (tertiary/aromatic N) is 4. The zero-order valence-electron chi connectivity index (χ0n) is 25.5. The highest BCUT2D eigenvalue weighted by atomic mass is 79.9. The zero-order valence-corrected chi connectivity index (χ0v) is 28.7. The summed E-state index contributed by atoms with van der Waals surface area (Å²) < 4.78 is 15.4. The first-order chi connectivity index (χ1) is 23.0. The summed E-state index contributed by atoms with van der Waals surface area (Å²) in [5, 5.41) is 0. The van der Waals surface area contributed by atoms with Crippen molar-refractivity contribution in [2.45, 2.75) is 13.1 Å². The van der Waals surface area contributed by atoms with Crippen LogP contribution in [0.25, 0.3) is 44.8 Å². The third-order valence-electron chi connectivity index (χ3n) is 7.87. The number of hydrogen-bond donors (Lipinski definition) is 2. The number of aryl methyl sites for hydroxylation is 2. The summed E-state index contributed by atoms with van der Waals surface area (Å²) in [7, 11) is 2.60. The number of imidazole rings is 2. The number of methoxy groups -OCH3 is 2. The van der Waals surface area contributed by atoms with Gasteiger partial charge in [0.1, 0.15) is 11.6 Å². The van der Waals surface area contributed by atoms with Crippen LogP contribution >= 0.6 is 31.9 Å². The van der Waals surface area contributed by atoms with Crippen molar-refractivity contribution in [3.63, 3.8) is 0 Å². The molecule has 4 aromatic carbocycles. The normalized spacial score (nSPS) is 11.2. The van der Waals surface area contributed by atoms with Crippen LogP contribution in [0.3, 0.4) is 0 Å². The van der Waals surface area contributed by atoms with E-state index in [1.807, 2.05) is 9.13 Å². The fourth-order valence-corrected chi connectivity index (χ4v) is 6.33. The van der Waals surface area contributed by atoms with E-state index in [0.29, 0.717) is 53.8 Å². The summed E-state index contributed by atoms with van der Waals surface area (Å²) in [4.78, 5) is 59.6. The van der Waals surface area contributed by atoms with Crippen LogP contribution in [0.2, 0.25) is 0 Å². The first-order valence-corrected chi connectivity index (χ1v) is 16.0. The molecule has 12 nitrogen and oxygen atoms in total. The number of ether oxygens (including phenoxy) is 2. The second kappa shape index (κ2) is 13.0. The molecule has 0 aliphatic rings. The molecule has 0 radical (unpaired) electrons. The van der Waals surface area contributed by atoms with Crippen molar-refractivity contribution in [3.05, 3.63) is 104 Å². The van der Waals surface area contributed by atoms with Crippen LogP contribution in [0.15, 0.2) is 81.7 Å². The molecule has 6 aromatic rings. The fraction of sp³-hybridized carbons (Fsp3) is 0.118. The van der Waals surface area contributed by atoms with Crippen LogP contribution in [-0.4, -0.2) is 57.1 Å². The van der Waals surface area contributed by atoms with Crippen molar-refractivity contribution in [2.24, 2.45) is 11.5 Å². The number of amides is 2. The molecule has 0 saturated carbocycles. The van der Waals surface area contributed by atoms with Gasteiger partial charge in [0.05, 0.1) is 47.4 Å². The van der Waals surface area contributed by atoms with E-state index in [1.54, 1.807) is 72.8 Å². The molecule has 242 valence electrons. The number of rotatable bonds is 9. The number of halogens is 2. The van der Waals surface area contributed by atoms with Gasteiger partial charge < -0.3 is 30.1 Å². The standard InChI is InChI=1S/C34H26Br2N6O6/c1-47-33(45)21-7-5-19(35)15-23(21)31-39-25-13-17(29(37)43)3-9-27(25)41(31)11-12-42-28-10-4-18(30(38)44)14-26(28)40-32(42)24-16-20(36)6-8-22(24)34(46)48-2/h3-10,13-16H,11-12H2,1-2H3,(H2,37,43)(H2,38,44). The van der Waals surface area contributed by atoms with Crippen LogP contribution in [0, 0.1) is 0 Å². The summed E-state index contributed by atoms with van der Waals surface area (Å²) in [6.07, 6.45) is 0. The highest BCUT2D eigenvalue weighted by Gasteiger charge is 2.24. The largest absolute Gasteiger partial charge is 0.465 e. The lowest BCUT2D eigenvalue weighted by atomic mass is 10.1. The molecule has 0 bridgehead atoms. The molecular formula is C34H26Br2N6O6. The van der Waals surface area contributed by atoms with E-state index in [4.69, 9.17) is 30.9 Å². The molecule has 0 fully saturated rings. The maximum absolute atomic E-state index is 12.9. The van der Waals surface area contributed by atoms with Gasteiger partial charge in [-0.05, 0) is 72.8 Å². The Morgan fingerprint density at radius 2 is 1.02 bits per heavy atom. The third kappa shape index (κ3) is 5.95. The summed E-state index contributed by atoms with van der Waals surface area (Å²) in [6, 6.07) is 20.2. The Morgan fingerprint density at radius 3 is 1.38 bits per heavy atom. The Balaban J connectivity index is 1.57. The minimum absolute atomic E-state index is 0.277. The Bertz CT molecular complexity index is 2150. The predicted molar refractivity (Wildman–Crippen MR) is 185 cm³/mol. The summed E-state index contributed by atoms with van der Waals surface area (Å²) >= 11 is 7.01. The zero-order chi connectivity index (χ0) is 34.3. The number of carbonyl (C=O) groups excluding carboxylic acids is 4. The number of carbonyl (C=O) groups is 4. The van der Waals surface area contributed by atoms with E-state index >= 15 is 0 Å².